The van der Waals surface area contributed by atoms with Crippen molar-refractivity contribution in [1.29, 1.82) is 5.26 Å². The number of nitrogens with zero attached hydrogens (tertiary/aromatic N) is 1. The van der Waals surface area contributed by atoms with Gasteiger partial charge in [-0.25, -0.2) is 0 Å². The fraction of sp³-hybridized carbons (Fsp3) is 0.133. The van der Waals surface area contributed by atoms with Gasteiger partial charge in [0.2, 0.25) is 0 Å². The standard InChI is InChI=1S/C15H10Cl3NO2/c16-12-7-14(18)15(8-13(12)17)21-5-4-20-11-3-1-2-10(6-11)9-19/h1-3,6-8H,4-5H2. The molecule has 0 saturated heterocycles. The molecule has 0 bridgehead atoms. The Morgan fingerprint density at radius 1 is 0.905 bits per heavy atom. The van der Waals surface area contributed by atoms with Crippen LogP contribution < -0.4 is 9.47 Å². The summed E-state index contributed by atoms with van der Waals surface area (Å²) in [6.07, 6.45) is 0. The molecule has 0 aliphatic rings. The summed E-state index contributed by atoms with van der Waals surface area (Å²) in [5, 5.41) is 9.93. The van der Waals surface area contributed by atoms with Crippen molar-refractivity contribution in [2.45, 2.75) is 0 Å². The van der Waals surface area contributed by atoms with Crippen molar-refractivity contribution in [3.05, 3.63) is 57.0 Å². The smallest absolute Gasteiger partial charge is 0.139 e. The summed E-state index contributed by atoms with van der Waals surface area (Å²) in [7, 11) is 0. The third-order valence-electron chi connectivity index (χ3n) is 2.55. The van der Waals surface area contributed by atoms with E-state index >= 15 is 0 Å². The second kappa shape index (κ2) is 7.42. The van der Waals surface area contributed by atoms with E-state index in [1.165, 1.54) is 6.07 Å². The summed E-state index contributed by atoms with van der Waals surface area (Å²) in [5.41, 5.74) is 0.543. The number of benzene rings is 2. The van der Waals surface area contributed by atoms with Crippen LogP contribution in [0.15, 0.2) is 36.4 Å². The SMILES string of the molecule is N#Cc1cccc(OCCOc2cc(Cl)c(Cl)cc2Cl)c1. The number of ether oxygens (including phenoxy) is 2. The molecule has 0 atom stereocenters. The molecule has 3 nitrogen and oxygen atoms in total. The van der Waals surface area contributed by atoms with Crippen LogP contribution in [0.3, 0.4) is 0 Å². The van der Waals surface area contributed by atoms with Gasteiger partial charge >= 0.3 is 0 Å². The van der Waals surface area contributed by atoms with Crippen LogP contribution in [0.25, 0.3) is 0 Å². The molecule has 21 heavy (non-hydrogen) atoms. The normalized spacial score (nSPS) is 10.0. The van der Waals surface area contributed by atoms with E-state index in [1.807, 2.05) is 6.07 Å². The zero-order valence-corrected chi connectivity index (χ0v) is 13.0. The molecule has 0 radical (unpaired) electrons. The van der Waals surface area contributed by atoms with Crippen LogP contribution >= 0.6 is 34.8 Å². The summed E-state index contributed by atoms with van der Waals surface area (Å²) in [4.78, 5) is 0. The molecular formula is C15H10Cl3NO2. The Morgan fingerprint density at radius 2 is 1.62 bits per heavy atom. The molecule has 6 heteroatoms. The largest absolute Gasteiger partial charge is 0.490 e. The first-order chi connectivity index (χ1) is 10.1. The highest BCUT2D eigenvalue weighted by atomic mass is 35.5. The third-order valence-corrected chi connectivity index (χ3v) is 3.57. The zero-order chi connectivity index (χ0) is 15.2. The monoisotopic (exact) mass is 341 g/mol. The van der Waals surface area contributed by atoms with E-state index in [0.717, 1.165) is 0 Å². The Labute approximate surface area is 137 Å². The summed E-state index contributed by atoms with van der Waals surface area (Å²) < 4.78 is 11.0. The van der Waals surface area contributed by atoms with Gasteiger partial charge in [-0.1, -0.05) is 40.9 Å². The lowest BCUT2D eigenvalue weighted by Crippen LogP contribution is -2.09. The van der Waals surface area contributed by atoms with E-state index in [4.69, 9.17) is 49.5 Å². The average molecular weight is 343 g/mol. The predicted octanol–water partition coefficient (Wildman–Crippen LogP) is 4.98. The van der Waals surface area contributed by atoms with E-state index in [9.17, 15) is 0 Å². The molecule has 108 valence electrons. The van der Waals surface area contributed by atoms with Crippen LogP contribution in [0, 0.1) is 11.3 Å². The second-order valence-electron chi connectivity index (χ2n) is 4.03. The van der Waals surface area contributed by atoms with Crippen molar-refractivity contribution < 1.29 is 9.47 Å². The Morgan fingerprint density at radius 3 is 2.38 bits per heavy atom. The lowest BCUT2D eigenvalue weighted by Gasteiger charge is -2.10. The van der Waals surface area contributed by atoms with Gasteiger partial charge in [-0.05, 0) is 24.3 Å². The van der Waals surface area contributed by atoms with Crippen molar-refractivity contribution in [2.24, 2.45) is 0 Å². The topological polar surface area (TPSA) is 42.2 Å². The van der Waals surface area contributed by atoms with Gasteiger partial charge in [-0.3, -0.25) is 0 Å². The molecule has 0 fully saturated rings. The van der Waals surface area contributed by atoms with E-state index in [-0.39, 0.29) is 6.61 Å². The fourth-order valence-electron chi connectivity index (χ4n) is 1.58. The molecule has 2 rings (SSSR count). The van der Waals surface area contributed by atoms with Crippen LogP contribution in [0.1, 0.15) is 5.56 Å². The highest BCUT2D eigenvalue weighted by molar-refractivity contribution is 6.43. The van der Waals surface area contributed by atoms with Crippen LogP contribution in [0.5, 0.6) is 11.5 Å². The number of nitriles is 1. The fourth-order valence-corrected chi connectivity index (χ4v) is 2.17. The van der Waals surface area contributed by atoms with Gasteiger partial charge in [-0.15, -0.1) is 0 Å². The summed E-state index contributed by atoms with van der Waals surface area (Å²) in [5.74, 6) is 1.05. The van der Waals surface area contributed by atoms with Gasteiger partial charge in [0.05, 0.1) is 26.7 Å². The maximum absolute atomic E-state index is 8.79. The molecule has 0 spiro atoms. The molecule has 0 aromatic heterocycles. The van der Waals surface area contributed by atoms with Crippen LogP contribution in [-0.2, 0) is 0 Å². The van der Waals surface area contributed by atoms with Crippen molar-refractivity contribution in [3.63, 3.8) is 0 Å². The Balaban J connectivity index is 1.87. The molecule has 0 saturated carbocycles. The van der Waals surface area contributed by atoms with Gasteiger partial charge in [0, 0.05) is 6.07 Å². The third kappa shape index (κ3) is 4.44. The molecular weight excluding hydrogens is 333 g/mol. The minimum atomic E-state index is 0.286. The van der Waals surface area contributed by atoms with Crippen molar-refractivity contribution in [3.8, 4) is 17.6 Å². The summed E-state index contributed by atoms with van der Waals surface area (Å²) in [6.45, 7) is 0.597. The second-order valence-corrected chi connectivity index (χ2v) is 5.25. The maximum Gasteiger partial charge on any atom is 0.139 e. The molecule has 2 aromatic rings. The van der Waals surface area contributed by atoms with E-state index in [2.05, 4.69) is 0 Å². The molecule has 0 heterocycles. The van der Waals surface area contributed by atoms with Gasteiger partial charge in [-0.2, -0.15) is 5.26 Å². The number of halogens is 3. The van der Waals surface area contributed by atoms with E-state index < -0.39 is 0 Å². The van der Waals surface area contributed by atoms with Crippen molar-refractivity contribution >= 4 is 34.8 Å². The molecule has 0 amide bonds. The molecule has 0 unspecified atom stereocenters. The molecule has 0 N–H and O–H groups in total. The highest BCUT2D eigenvalue weighted by Crippen LogP contribution is 2.33. The van der Waals surface area contributed by atoms with Gasteiger partial charge < -0.3 is 9.47 Å². The number of hydrogen-bond acceptors (Lipinski definition) is 3. The Hall–Kier alpha value is -1.60. The van der Waals surface area contributed by atoms with E-state index in [1.54, 1.807) is 30.3 Å². The predicted molar refractivity (Wildman–Crippen MR) is 83.6 cm³/mol. The summed E-state index contributed by atoms with van der Waals surface area (Å²) in [6, 6.07) is 12.0. The molecule has 0 aliphatic heterocycles. The van der Waals surface area contributed by atoms with Crippen molar-refractivity contribution in [1.82, 2.24) is 0 Å². The summed E-state index contributed by atoms with van der Waals surface area (Å²) >= 11 is 17.7. The maximum atomic E-state index is 8.79. The molecule has 2 aromatic carbocycles. The van der Waals surface area contributed by atoms with Gasteiger partial charge in [0.25, 0.3) is 0 Å². The van der Waals surface area contributed by atoms with Gasteiger partial charge in [0.1, 0.15) is 24.7 Å². The lowest BCUT2D eigenvalue weighted by molar-refractivity contribution is 0.217. The Kier molecular flexibility index (Phi) is 5.58. The average Bonchev–Trinajstić information content (AvgIpc) is 2.48. The van der Waals surface area contributed by atoms with Crippen LogP contribution in [0.4, 0.5) is 0 Å². The first kappa shape index (κ1) is 15.8. The van der Waals surface area contributed by atoms with Crippen molar-refractivity contribution in [2.75, 3.05) is 13.2 Å². The zero-order valence-electron chi connectivity index (χ0n) is 10.8. The quantitative estimate of drug-likeness (QED) is 0.568. The van der Waals surface area contributed by atoms with E-state index in [0.29, 0.717) is 38.7 Å². The van der Waals surface area contributed by atoms with Crippen LogP contribution in [0.2, 0.25) is 15.1 Å². The lowest BCUT2D eigenvalue weighted by atomic mass is 10.2. The first-order valence-corrected chi connectivity index (χ1v) is 7.14. The number of hydrogen-bond donors (Lipinski definition) is 0. The number of rotatable bonds is 5. The van der Waals surface area contributed by atoms with Crippen LogP contribution in [-0.4, -0.2) is 13.2 Å². The highest BCUT2D eigenvalue weighted by Gasteiger charge is 2.07. The Bertz CT molecular complexity index is 683. The van der Waals surface area contributed by atoms with Gasteiger partial charge in [0.15, 0.2) is 0 Å². The minimum Gasteiger partial charge on any atom is -0.490 e. The minimum absolute atomic E-state index is 0.286. The first-order valence-electron chi connectivity index (χ1n) is 6.00. The molecule has 0 aliphatic carbocycles.